The monoisotopic (exact) mass is 307 g/mol. The van der Waals surface area contributed by atoms with Crippen LogP contribution in [0.3, 0.4) is 0 Å². The van der Waals surface area contributed by atoms with Gasteiger partial charge in [0, 0.05) is 19.4 Å². The summed E-state index contributed by atoms with van der Waals surface area (Å²) in [6.45, 7) is 2.41. The fourth-order valence-electron chi connectivity index (χ4n) is 2.46. The van der Waals surface area contributed by atoms with E-state index in [0.29, 0.717) is 13.0 Å². The Bertz CT molecular complexity index is 492. The van der Waals surface area contributed by atoms with Gasteiger partial charge in [0.05, 0.1) is 17.7 Å². The van der Waals surface area contributed by atoms with Gasteiger partial charge >= 0.3 is 6.18 Å². The number of nitrogens with one attached hydrogen (secondary N) is 1. The maximum atomic E-state index is 13.2. The number of alkyl halides is 3. The smallest absolute Gasteiger partial charge is 0.379 e. The molecule has 0 bridgehead atoms. The largest absolute Gasteiger partial charge is 0.419 e. The zero-order valence-electron chi connectivity index (χ0n) is 11.7. The number of rotatable bonds is 5. The quantitative estimate of drug-likeness (QED) is 0.845. The summed E-state index contributed by atoms with van der Waals surface area (Å²) < 4.78 is 61.9. The third-order valence-corrected chi connectivity index (χ3v) is 3.53. The molecule has 3 nitrogen and oxygen atoms in total. The molecule has 1 fully saturated rings. The Morgan fingerprint density at radius 3 is 2.62 bits per heavy atom. The molecule has 3 unspecified atom stereocenters. The van der Waals surface area contributed by atoms with Gasteiger partial charge in [-0.3, -0.25) is 0 Å². The van der Waals surface area contributed by atoms with Crippen molar-refractivity contribution in [1.82, 2.24) is 0 Å². The van der Waals surface area contributed by atoms with Crippen molar-refractivity contribution in [2.24, 2.45) is 0 Å². The summed E-state index contributed by atoms with van der Waals surface area (Å²) in [5, 5.41) is 2.94. The molecule has 118 valence electrons. The van der Waals surface area contributed by atoms with Gasteiger partial charge in [-0.1, -0.05) is 0 Å². The fourth-order valence-corrected chi connectivity index (χ4v) is 2.46. The number of ether oxygens (including phenoxy) is 2. The van der Waals surface area contributed by atoms with Gasteiger partial charge in [0.2, 0.25) is 0 Å². The van der Waals surface area contributed by atoms with Crippen LogP contribution in [0.5, 0.6) is 0 Å². The van der Waals surface area contributed by atoms with E-state index in [9.17, 15) is 17.6 Å². The van der Waals surface area contributed by atoms with E-state index < -0.39 is 17.6 Å². The number of hydrogen-bond donors (Lipinski definition) is 1. The first kappa shape index (κ1) is 16.0. The molecule has 1 aromatic rings. The Balaban J connectivity index is 2.07. The van der Waals surface area contributed by atoms with Gasteiger partial charge < -0.3 is 14.8 Å². The SMILES string of the molecule is CCOC1CC(Nc2ccc(F)c(C(F)(F)F)c2)C1OC. The predicted molar refractivity (Wildman–Crippen MR) is 69.6 cm³/mol. The second-order valence-electron chi connectivity index (χ2n) is 4.87. The van der Waals surface area contributed by atoms with E-state index in [2.05, 4.69) is 5.32 Å². The summed E-state index contributed by atoms with van der Waals surface area (Å²) in [4.78, 5) is 0. The maximum Gasteiger partial charge on any atom is 0.419 e. The molecule has 0 spiro atoms. The molecule has 0 aromatic heterocycles. The lowest BCUT2D eigenvalue weighted by Gasteiger charge is -2.43. The number of hydrogen-bond acceptors (Lipinski definition) is 3. The van der Waals surface area contributed by atoms with Crippen molar-refractivity contribution in [3.8, 4) is 0 Å². The topological polar surface area (TPSA) is 30.5 Å². The lowest BCUT2D eigenvalue weighted by Crippen LogP contribution is -2.56. The molecule has 1 aromatic carbocycles. The van der Waals surface area contributed by atoms with Crippen LogP contribution in [-0.4, -0.2) is 32.0 Å². The van der Waals surface area contributed by atoms with Crippen LogP contribution in [0.15, 0.2) is 18.2 Å². The molecule has 1 saturated carbocycles. The van der Waals surface area contributed by atoms with Gasteiger partial charge in [0.25, 0.3) is 0 Å². The number of halogens is 4. The van der Waals surface area contributed by atoms with Gasteiger partial charge in [-0.25, -0.2) is 4.39 Å². The number of methoxy groups -OCH3 is 1. The van der Waals surface area contributed by atoms with Crippen LogP contribution >= 0.6 is 0 Å². The normalized spacial score (nSPS) is 25.5. The van der Waals surface area contributed by atoms with Crippen LogP contribution in [0.25, 0.3) is 0 Å². The van der Waals surface area contributed by atoms with Crippen molar-refractivity contribution in [2.75, 3.05) is 19.0 Å². The Kier molecular flexibility index (Phi) is 4.73. The molecule has 1 aliphatic carbocycles. The molecular formula is C14H17F4NO2. The molecule has 0 saturated heterocycles. The van der Waals surface area contributed by atoms with Crippen molar-refractivity contribution in [3.05, 3.63) is 29.6 Å². The second kappa shape index (κ2) is 6.19. The van der Waals surface area contributed by atoms with Crippen molar-refractivity contribution in [1.29, 1.82) is 0 Å². The Morgan fingerprint density at radius 2 is 2.05 bits per heavy atom. The number of benzene rings is 1. The molecule has 0 radical (unpaired) electrons. The van der Waals surface area contributed by atoms with Crippen molar-refractivity contribution >= 4 is 5.69 Å². The highest BCUT2D eigenvalue weighted by atomic mass is 19.4. The van der Waals surface area contributed by atoms with E-state index >= 15 is 0 Å². The summed E-state index contributed by atoms with van der Waals surface area (Å²) in [6, 6.07) is 2.71. The number of anilines is 1. The molecular weight excluding hydrogens is 290 g/mol. The summed E-state index contributed by atoms with van der Waals surface area (Å²) in [5.41, 5.74) is -1.06. The minimum absolute atomic E-state index is 0.0694. The summed E-state index contributed by atoms with van der Waals surface area (Å²) >= 11 is 0. The van der Waals surface area contributed by atoms with Gasteiger partial charge in [-0.15, -0.1) is 0 Å². The third kappa shape index (κ3) is 3.47. The first-order valence-corrected chi connectivity index (χ1v) is 6.64. The summed E-state index contributed by atoms with van der Waals surface area (Å²) in [5.74, 6) is -1.28. The molecule has 0 heterocycles. The van der Waals surface area contributed by atoms with E-state index in [1.807, 2.05) is 6.92 Å². The maximum absolute atomic E-state index is 13.2. The molecule has 0 aliphatic heterocycles. The van der Waals surface area contributed by atoms with Crippen LogP contribution in [-0.2, 0) is 15.7 Å². The standard InChI is InChI=1S/C14H17F4NO2/c1-3-21-12-7-11(13(12)20-2)19-8-4-5-10(15)9(6-8)14(16,17)18/h4-6,11-13,19H,3,7H2,1-2H3. The minimum Gasteiger partial charge on any atom is -0.379 e. The summed E-state index contributed by atoms with van der Waals surface area (Å²) in [6.07, 6.45) is -4.38. The molecule has 21 heavy (non-hydrogen) atoms. The minimum atomic E-state index is -4.71. The van der Waals surface area contributed by atoms with Crippen molar-refractivity contribution < 1.29 is 27.0 Å². The van der Waals surface area contributed by atoms with Gasteiger partial charge in [-0.2, -0.15) is 13.2 Å². The first-order valence-electron chi connectivity index (χ1n) is 6.64. The fraction of sp³-hybridized carbons (Fsp3) is 0.571. The molecule has 1 N–H and O–H groups in total. The predicted octanol–water partition coefficient (Wildman–Crippen LogP) is 3.45. The average molecular weight is 307 g/mol. The average Bonchev–Trinajstić information content (AvgIpc) is 2.38. The second-order valence-corrected chi connectivity index (χ2v) is 4.87. The highest BCUT2D eigenvalue weighted by Crippen LogP contribution is 2.35. The molecule has 3 atom stereocenters. The zero-order valence-corrected chi connectivity index (χ0v) is 11.7. The Morgan fingerprint density at radius 1 is 1.33 bits per heavy atom. The highest BCUT2D eigenvalue weighted by Gasteiger charge is 2.42. The van der Waals surface area contributed by atoms with Crippen molar-refractivity contribution in [2.45, 2.75) is 37.8 Å². The van der Waals surface area contributed by atoms with Crippen molar-refractivity contribution in [3.63, 3.8) is 0 Å². The lowest BCUT2D eigenvalue weighted by molar-refractivity contribution is -0.140. The highest BCUT2D eigenvalue weighted by molar-refractivity contribution is 5.48. The Hall–Kier alpha value is -1.34. The zero-order chi connectivity index (χ0) is 15.6. The van der Waals surface area contributed by atoms with E-state index in [4.69, 9.17) is 9.47 Å². The van der Waals surface area contributed by atoms with Crippen LogP contribution in [0.1, 0.15) is 18.9 Å². The van der Waals surface area contributed by atoms with Crippen LogP contribution in [0.2, 0.25) is 0 Å². The molecule has 7 heteroatoms. The van der Waals surface area contributed by atoms with Crippen LogP contribution < -0.4 is 5.32 Å². The molecule has 1 aliphatic rings. The van der Waals surface area contributed by atoms with E-state index in [1.165, 1.54) is 13.2 Å². The first-order chi connectivity index (χ1) is 9.86. The van der Waals surface area contributed by atoms with E-state index in [-0.39, 0.29) is 23.9 Å². The third-order valence-electron chi connectivity index (χ3n) is 3.53. The van der Waals surface area contributed by atoms with Crippen LogP contribution in [0, 0.1) is 5.82 Å². The summed E-state index contributed by atoms with van der Waals surface area (Å²) in [7, 11) is 1.52. The lowest BCUT2D eigenvalue weighted by atomic mass is 9.85. The van der Waals surface area contributed by atoms with Gasteiger partial charge in [0.15, 0.2) is 0 Å². The van der Waals surface area contributed by atoms with Gasteiger partial charge in [0.1, 0.15) is 11.9 Å². The van der Waals surface area contributed by atoms with Gasteiger partial charge in [-0.05, 0) is 31.5 Å². The van der Waals surface area contributed by atoms with E-state index in [0.717, 1.165) is 12.1 Å². The van der Waals surface area contributed by atoms with Crippen LogP contribution in [0.4, 0.5) is 23.2 Å². The molecule has 2 rings (SSSR count). The van der Waals surface area contributed by atoms with E-state index in [1.54, 1.807) is 0 Å². The molecule has 0 amide bonds. The Labute approximate surface area is 120 Å².